The van der Waals surface area contributed by atoms with E-state index in [0.717, 1.165) is 17.1 Å². The molecule has 0 bridgehead atoms. The summed E-state index contributed by atoms with van der Waals surface area (Å²) in [6.07, 6.45) is 0. The molecule has 0 aliphatic carbocycles. The second-order valence-electron chi connectivity index (χ2n) is 14.2. The van der Waals surface area contributed by atoms with Gasteiger partial charge in [0.1, 0.15) is 8.07 Å². The quantitative estimate of drug-likeness (QED) is 0.151. The molecule has 9 rings (SSSR count). The Kier molecular flexibility index (Phi) is 8.67. The maximum Gasteiger partial charge on any atom is 0.115 e. The van der Waals surface area contributed by atoms with Crippen LogP contribution in [-0.4, -0.2) is 8.07 Å². The summed E-state index contributed by atoms with van der Waals surface area (Å²) in [4.78, 5) is 5.18. The number of rotatable bonds is 7. The molecule has 0 unspecified atom stereocenters. The molecule has 53 heavy (non-hydrogen) atoms. The van der Waals surface area contributed by atoms with Crippen LogP contribution in [0.5, 0.6) is 0 Å². The Morgan fingerprint density at radius 3 is 1.36 bits per heavy atom. The highest BCUT2D eigenvalue weighted by Crippen LogP contribution is 2.42. The van der Waals surface area contributed by atoms with Crippen LogP contribution in [0.3, 0.4) is 0 Å². The molecule has 1 heterocycles. The summed E-state index contributed by atoms with van der Waals surface area (Å²) in [6.45, 7) is 4.98. The lowest BCUT2D eigenvalue weighted by atomic mass is 9.99. The third-order valence-electron chi connectivity index (χ3n) is 10.6. The summed E-state index contributed by atoms with van der Waals surface area (Å²) in [7, 11) is -1.82. The number of hydrogen-bond donors (Lipinski definition) is 0. The van der Waals surface area contributed by atoms with Crippen molar-refractivity contribution < 1.29 is 0 Å². The van der Waals surface area contributed by atoms with Gasteiger partial charge in [0, 0.05) is 26.9 Å². The van der Waals surface area contributed by atoms with Gasteiger partial charge < -0.3 is 4.90 Å². The van der Waals surface area contributed by atoms with Gasteiger partial charge >= 0.3 is 0 Å². The van der Waals surface area contributed by atoms with Crippen LogP contribution in [0, 0.1) is 0 Å². The second-order valence-corrected chi connectivity index (χ2v) is 19.6. The molecule has 3 heteroatoms. The Balaban J connectivity index is 1.08. The van der Waals surface area contributed by atoms with E-state index in [4.69, 9.17) is 0 Å². The van der Waals surface area contributed by atoms with Crippen molar-refractivity contribution in [1.82, 2.24) is 0 Å². The minimum atomic E-state index is -1.82. The van der Waals surface area contributed by atoms with Gasteiger partial charge in [-0.1, -0.05) is 177 Å². The molecule has 1 nitrogen and oxygen atoms in total. The Morgan fingerprint density at radius 1 is 0.358 bits per heavy atom. The van der Waals surface area contributed by atoms with E-state index in [1.165, 1.54) is 64.7 Å². The number of nitrogens with zero attached hydrogens (tertiary/aromatic N) is 1. The van der Waals surface area contributed by atoms with Gasteiger partial charge in [-0.2, -0.15) is 0 Å². The monoisotopic (exact) mass is 713 g/mol. The Labute approximate surface area is 318 Å². The summed E-state index contributed by atoms with van der Waals surface area (Å²) in [5.41, 5.74) is 13.2. The van der Waals surface area contributed by atoms with E-state index in [9.17, 15) is 0 Å². The molecule has 0 N–H and O–H groups in total. The molecule has 0 spiro atoms. The van der Waals surface area contributed by atoms with Crippen LogP contribution >= 0.6 is 11.8 Å². The Hall–Kier alpha value is -5.87. The first kappa shape index (κ1) is 33.0. The van der Waals surface area contributed by atoms with E-state index in [2.05, 4.69) is 218 Å². The minimum absolute atomic E-state index is 1.12. The number of hydrogen-bond acceptors (Lipinski definition) is 2. The van der Waals surface area contributed by atoms with Crippen molar-refractivity contribution in [1.29, 1.82) is 0 Å². The zero-order valence-corrected chi connectivity index (χ0v) is 31.7. The lowest BCUT2D eigenvalue weighted by Crippen LogP contribution is -2.56. The average molecular weight is 714 g/mol. The van der Waals surface area contributed by atoms with Gasteiger partial charge in [0.05, 0.1) is 0 Å². The fourth-order valence-electron chi connectivity index (χ4n) is 7.68. The predicted octanol–water partition coefficient (Wildman–Crippen LogP) is 13.1. The third-order valence-corrected chi connectivity index (χ3v) is 15.7. The van der Waals surface area contributed by atoms with Crippen molar-refractivity contribution in [2.45, 2.75) is 22.9 Å². The fourth-order valence-corrected chi connectivity index (χ4v) is 13.2. The largest absolute Gasteiger partial charge is 0.311 e. The molecule has 8 aromatic carbocycles. The molecule has 8 aromatic rings. The second kappa shape index (κ2) is 13.9. The van der Waals surface area contributed by atoms with Crippen molar-refractivity contribution in [3.8, 4) is 44.5 Å². The van der Waals surface area contributed by atoms with Gasteiger partial charge in [-0.05, 0) is 103 Å². The van der Waals surface area contributed by atoms with Crippen LogP contribution in [-0.2, 0) is 0 Å². The summed E-state index contributed by atoms with van der Waals surface area (Å²) in [6, 6.07) is 73.0. The highest BCUT2D eigenvalue weighted by molar-refractivity contribution is 8.00. The predicted molar refractivity (Wildman–Crippen MR) is 230 cm³/mol. The average Bonchev–Trinajstić information content (AvgIpc) is 3.22. The van der Waals surface area contributed by atoms with Gasteiger partial charge in [0.15, 0.2) is 0 Å². The van der Waals surface area contributed by atoms with Gasteiger partial charge in [-0.25, -0.2) is 0 Å². The van der Waals surface area contributed by atoms with E-state index in [1.807, 2.05) is 11.8 Å². The van der Waals surface area contributed by atoms with Gasteiger partial charge in [0.2, 0.25) is 0 Å². The molecule has 0 saturated carbocycles. The highest BCUT2D eigenvalue weighted by atomic mass is 32.2. The van der Waals surface area contributed by atoms with Crippen molar-refractivity contribution >= 4 is 47.3 Å². The third kappa shape index (κ3) is 6.33. The molecule has 1 aliphatic rings. The zero-order chi connectivity index (χ0) is 35.8. The molecule has 1 aliphatic heterocycles. The summed E-state index contributed by atoms with van der Waals surface area (Å²) in [5.74, 6) is 0. The van der Waals surface area contributed by atoms with E-state index >= 15 is 0 Å². The number of benzene rings is 8. The van der Waals surface area contributed by atoms with E-state index < -0.39 is 8.07 Å². The Morgan fingerprint density at radius 2 is 0.774 bits per heavy atom. The number of fused-ring (bicyclic) bond motifs is 2. The number of anilines is 3. The molecule has 0 radical (unpaired) electrons. The molecule has 0 saturated heterocycles. The molecule has 254 valence electrons. The smallest absolute Gasteiger partial charge is 0.115 e. The first-order chi connectivity index (χ1) is 26.0. The van der Waals surface area contributed by atoms with E-state index in [0.29, 0.717) is 0 Å². The van der Waals surface area contributed by atoms with Crippen molar-refractivity contribution in [3.05, 3.63) is 200 Å². The van der Waals surface area contributed by atoms with Gasteiger partial charge in [-0.3, -0.25) is 0 Å². The standard InChI is InChI=1S/C50H39NSSi/c1-53(2)48-21-10-9-20-47(48)52-50-46(19-12-22-49(50)53)40-27-33-45(34-28-40)51(43-29-23-38(24-30-43)36-13-5-3-6-14-36)44-31-25-39(26-32-44)42-18-11-17-41(35-42)37-15-7-4-8-16-37/h3-35H,1-2H3. The summed E-state index contributed by atoms with van der Waals surface area (Å²) < 4.78 is 0. The van der Waals surface area contributed by atoms with Gasteiger partial charge in [0.25, 0.3) is 0 Å². The van der Waals surface area contributed by atoms with E-state index in [1.54, 1.807) is 0 Å². The van der Waals surface area contributed by atoms with Crippen LogP contribution in [0.2, 0.25) is 13.1 Å². The van der Waals surface area contributed by atoms with Crippen LogP contribution in [0.15, 0.2) is 210 Å². The molecule has 0 fully saturated rings. The highest BCUT2D eigenvalue weighted by Gasteiger charge is 2.36. The maximum atomic E-state index is 2.49. The molecular weight excluding hydrogens is 675 g/mol. The van der Waals surface area contributed by atoms with Crippen LogP contribution in [0.4, 0.5) is 17.1 Å². The molecule has 0 amide bonds. The Bertz CT molecular complexity index is 2520. The molecular formula is C50H39NSSi. The van der Waals surface area contributed by atoms with E-state index in [-0.39, 0.29) is 0 Å². The van der Waals surface area contributed by atoms with Crippen molar-refractivity contribution in [2.75, 3.05) is 4.90 Å². The zero-order valence-electron chi connectivity index (χ0n) is 29.9. The first-order valence-electron chi connectivity index (χ1n) is 18.3. The normalized spacial score (nSPS) is 12.8. The van der Waals surface area contributed by atoms with Gasteiger partial charge in [-0.15, -0.1) is 0 Å². The lowest BCUT2D eigenvalue weighted by Gasteiger charge is -2.34. The van der Waals surface area contributed by atoms with Crippen molar-refractivity contribution in [2.24, 2.45) is 0 Å². The van der Waals surface area contributed by atoms with Crippen LogP contribution in [0.1, 0.15) is 0 Å². The van der Waals surface area contributed by atoms with Crippen molar-refractivity contribution in [3.63, 3.8) is 0 Å². The fraction of sp³-hybridized carbons (Fsp3) is 0.0400. The summed E-state index contributed by atoms with van der Waals surface area (Å²) in [5, 5.41) is 3.06. The summed E-state index contributed by atoms with van der Waals surface area (Å²) >= 11 is 1.93. The molecule has 0 aromatic heterocycles. The topological polar surface area (TPSA) is 3.24 Å². The minimum Gasteiger partial charge on any atom is -0.311 e. The SMILES string of the molecule is C[Si]1(C)c2ccccc2Sc2c(-c3ccc(N(c4ccc(-c5ccccc5)cc4)c4ccc(-c5cccc(-c6ccccc6)c5)cc4)cc3)cccc21. The lowest BCUT2D eigenvalue weighted by molar-refractivity contribution is 1.28. The first-order valence-corrected chi connectivity index (χ1v) is 22.1. The molecule has 0 atom stereocenters. The van der Waals surface area contributed by atoms with Crippen LogP contribution < -0.4 is 15.3 Å². The van der Waals surface area contributed by atoms with Crippen LogP contribution in [0.25, 0.3) is 44.5 Å². The maximum absolute atomic E-state index is 2.49.